The van der Waals surface area contributed by atoms with E-state index in [4.69, 9.17) is 17.2 Å². The Morgan fingerprint density at radius 1 is 0.750 bits per heavy atom. The van der Waals surface area contributed by atoms with Crippen molar-refractivity contribution in [3.8, 4) is 11.1 Å². The van der Waals surface area contributed by atoms with Crippen molar-refractivity contribution in [2.45, 2.75) is 72.5 Å². The van der Waals surface area contributed by atoms with Crippen LogP contribution in [0.3, 0.4) is 0 Å². The lowest BCUT2D eigenvalue weighted by Gasteiger charge is -2.32. The predicted octanol–water partition coefficient (Wildman–Crippen LogP) is 12.0. The first-order valence-electron chi connectivity index (χ1n) is 18.6. The molecule has 6 N–H and O–H groups in total. The molecule has 4 aromatic rings. The molecule has 1 aliphatic rings. The molecule has 0 bridgehead atoms. The minimum absolute atomic E-state index is 0.620. The van der Waals surface area contributed by atoms with Gasteiger partial charge < -0.3 is 17.2 Å². The summed E-state index contributed by atoms with van der Waals surface area (Å²) in [7, 11) is 0. The highest BCUT2D eigenvalue weighted by Gasteiger charge is 2.31. The van der Waals surface area contributed by atoms with E-state index in [1.165, 1.54) is 11.1 Å². The first-order chi connectivity index (χ1) is 25.3. The third-order valence-corrected chi connectivity index (χ3v) is 8.60. The number of benzene rings is 4. The number of rotatable bonds is 12. The monoisotopic (exact) mass is 689 g/mol. The SMILES string of the molecule is C=C(C)/C=C(\C=C/C)c1cccc(-c2cccc(C(N)(N)C3=CCCC=C3c3ccccc3)c2)c1.CC.CC/C=C\C=C/Cc1ccccc1CN. The van der Waals surface area contributed by atoms with Gasteiger partial charge in [-0.1, -0.05) is 179 Å². The highest BCUT2D eigenvalue weighted by atomic mass is 15.0. The van der Waals surface area contributed by atoms with Crippen LogP contribution in [-0.2, 0) is 18.6 Å². The van der Waals surface area contributed by atoms with E-state index in [0.717, 1.165) is 75.8 Å². The highest BCUT2D eigenvalue weighted by molar-refractivity contribution is 5.83. The van der Waals surface area contributed by atoms with Gasteiger partial charge in [-0.15, -0.1) is 0 Å². The van der Waals surface area contributed by atoms with Gasteiger partial charge in [-0.25, -0.2) is 0 Å². The largest absolute Gasteiger partial charge is 0.326 e. The van der Waals surface area contributed by atoms with Crippen molar-refractivity contribution in [2.24, 2.45) is 17.2 Å². The van der Waals surface area contributed by atoms with Crippen LogP contribution in [0.5, 0.6) is 0 Å². The quantitative estimate of drug-likeness (QED) is 0.102. The highest BCUT2D eigenvalue weighted by Crippen LogP contribution is 2.38. The summed E-state index contributed by atoms with van der Waals surface area (Å²) in [5.74, 6) is 0. The average molecular weight is 690 g/mol. The Kier molecular flexibility index (Phi) is 17.5. The lowest BCUT2D eigenvalue weighted by atomic mass is 9.80. The molecule has 5 rings (SSSR count). The zero-order valence-corrected chi connectivity index (χ0v) is 32.0. The summed E-state index contributed by atoms with van der Waals surface area (Å²) in [6.07, 6.45) is 23.2. The Morgan fingerprint density at radius 3 is 2.04 bits per heavy atom. The predicted molar refractivity (Wildman–Crippen MR) is 229 cm³/mol. The van der Waals surface area contributed by atoms with Crippen molar-refractivity contribution in [1.29, 1.82) is 0 Å². The molecule has 3 nitrogen and oxygen atoms in total. The zero-order chi connectivity index (χ0) is 37.8. The third kappa shape index (κ3) is 12.0. The summed E-state index contributed by atoms with van der Waals surface area (Å²) in [4.78, 5) is 0. The van der Waals surface area contributed by atoms with Gasteiger partial charge in [-0.05, 0) is 107 Å². The maximum absolute atomic E-state index is 6.90. The Balaban J connectivity index is 0.000000359. The van der Waals surface area contributed by atoms with Gasteiger partial charge in [0.15, 0.2) is 0 Å². The summed E-state index contributed by atoms with van der Waals surface area (Å²) >= 11 is 0. The fourth-order valence-electron chi connectivity index (χ4n) is 6.06. The van der Waals surface area contributed by atoms with E-state index in [1.807, 2.05) is 52.0 Å². The second-order valence-corrected chi connectivity index (χ2v) is 12.6. The molecule has 0 atom stereocenters. The fraction of sp³-hybridized carbons (Fsp3) is 0.224. The standard InChI is InChI=1S/C33H34N2.C14H19N.C2H6/c1-4-12-26(21-24(2)3)27-15-10-16-28(22-27)29-17-11-18-30(23-29)33(34,35)32-20-9-8-19-31(32)25-13-6-5-7-14-25;1-2-3-4-5-6-9-13-10-7-8-11-14(13)12-15;1-2/h4-7,10-23H,2,8-9,34-35H2,1,3H3;3-8,10-11H,2,9,12,15H2,1H3;1-2H3/b12-4-,26-21+;4-3-,6-5-;. The van der Waals surface area contributed by atoms with Crippen LogP contribution in [0.4, 0.5) is 0 Å². The summed E-state index contributed by atoms with van der Waals surface area (Å²) < 4.78 is 0. The maximum atomic E-state index is 6.90. The number of hydrogen-bond acceptors (Lipinski definition) is 3. The van der Waals surface area contributed by atoms with Crippen molar-refractivity contribution in [2.75, 3.05) is 0 Å². The molecular weight excluding hydrogens is 631 g/mol. The van der Waals surface area contributed by atoms with Crippen molar-refractivity contribution >= 4 is 11.1 Å². The van der Waals surface area contributed by atoms with Crippen LogP contribution >= 0.6 is 0 Å². The van der Waals surface area contributed by atoms with E-state index in [0.29, 0.717) is 6.54 Å². The second-order valence-electron chi connectivity index (χ2n) is 12.6. The Hall–Kier alpha value is -5.06. The molecular formula is C49H59N3. The van der Waals surface area contributed by atoms with Crippen LogP contribution in [0.15, 0.2) is 176 Å². The second kappa shape index (κ2) is 22.0. The van der Waals surface area contributed by atoms with Crippen molar-refractivity contribution in [1.82, 2.24) is 0 Å². The van der Waals surface area contributed by atoms with E-state index < -0.39 is 5.66 Å². The number of hydrogen-bond donors (Lipinski definition) is 3. The maximum Gasteiger partial charge on any atom is 0.117 e. The molecule has 4 aromatic carbocycles. The lowest BCUT2D eigenvalue weighted by molar-refractivity contribution is 0.565. The molecule has 1 aliphatic carbocycles. The molecule has 270 valence electrons. The van der Waals surface area contributed by atoms with E-state index in [-0.39, 0.29) is 0 Å². The lowest BCUT2D eigenvalue weighted by Crippen LogP contribution is -2.48. The zero-order valence-electron chi connectivity index (χ0n) is 32.0. The van der Waals surface area contributed by atoms with Crippen molar-refractivity contribution in [3.63, 3.8) is 0 Å². The number of allylic oxidation sites excluding steroid dienone is 11. The normalized spacial score (nSPS) is 13.3. The topological polar surface area (TPSA) is 78.1 Å². The average Bonchev–Trinajstić information content (AvgIpc) is 3.19. The Bertz CT molecular complexity index is 1900. The molecule has 0 aliphatic heterocycles. The van der Waals surface area contributed by atoms with Gasteiger partial charge in [0.25, 0.3) is 0 Å². The minimum atomic E-state index is -1.11. The van der Waals surface area contributed by atoms with Gasteiger partial charge in [0.1, 0.15) is 5.66 Å². The Labute approximate surface area is 314 Å². The minimum Gasteiger partial charge on any atom is -0.326 e. The molecule has 52 heavy (non-hydrogen) atoms. The smallest absolute Gasteiger partial charge is 0.117 e. The molecule has 0 fully saturated rings. The molecule has 3 heteroatoms. The first kappa shape index (κ1) is 41.4. The van der Waals surface area contributed by atoms with Crippen LogP contribution in [0.2, 0.25) is 0 Å². The van der Waals surface area contributed by atoms with E-state index in [9.17, 15) is 0 Å². The Morgan fingerprint density at radius 2 is 1.37 bits per heavy atom. The molecule has 0 saturated heterocycles. The van der Waals surface area contributed by atoms with Gasteiger partial charge in [-0.2, -0.15) is 0 Å². The van der Waals surface area contributed by atoms with Gasteiger partial charge in [0.2, 0.25) is 0 Å². The number of nitrogens with two attached hydrogens (primary N) is 3. The summed E-state index contributed by atoms with van der Waals surface area (Å²) in [6.45, 7) is 14.8. The summed E-state index contributed by atoms with van der Waals surface area (Å²) in [6, 6.07) is 35.5. The molecule has 0 aromatic heterocycles. The van der Waals surface area contributed by atoms with Crippen LogP contribution in [0, 0.1) is 0 Å². The summed E-state index contributed by atoms with van der Waals surface area (Å²) in [5.41, 5.74) is 30.5. The van der Waals surface area contributed by atoms with Gasteiger partial charge >= 0.3 is 0 Å². The summed E-state index contributed by atoms with van der Waals surface area (Å²) in [5, 5.41) is 0. The molecule has 0 amide bonds. The third-order valence-electron chi connectivity index (χ3n) is 8.60. The fourth-order valence-corrected chi connectivity index (χ4v) is 6.06. The van der Waals surface area contributed by atoms with E-state index >= 15 is 0 Å². The molecule has 0 heterocycles. The van der Waals surface area contributed by atoms with Gasteiger partial charge in [0, 0.05) is 6.54 Å². The molecule has 0 unspecified atom stereocenters. The van der Waals surface area contributed by atoms with Crippen LogP contribution < -0.4 is 17.2 Å². The molecule has 0 spiro atoms. The van der Waals surface area contributed by atoms with Gasteiger partial charge in [0.05, 0.1) is 0 Å². The van der Waals surface area contributed by atoms with Crippen LogP contribution in [0.25, 0.3) is 22.3 Å². The molecule has 0 saturated carbocycles. The van der Waals surface area contributed by atoms with E-state index in [1.54, 1.807) is 0 Å². The van der Waals surface area contributed by atoms with Crippen molar-refractivity contribution in [3.05, 3.63) is 203 Å². The van der Waals surface area contributed by atoms with Crippen LogP contribution in [0.1, 0.15) is 81.7 Å². The van der Waals surface area contributed by atoms with Crippen molar-refractivity contribution < 1.29 is 0 Å². The van der Waals surface area contributed by atoms with Gasteiger partial charge in [-0.3, -0.25) is 0 Å². The first-order valence-corrected chi connectivity index (χ1v) is 18.6. The van der Waals surface area contributed by atoms with Crippen LogP contribution in [-0.4, -0.2) is 0 Å². The van der Waals surface area contributed by atoms with E-state index in [2.05, 4.69) is 147 Å². The molecule has 0 radical (unpaired) electrons.